The highest BCUT2D eigenvalue weighted by molar-refractivity contribution is 5.99. The molecule has 7 heteroatoms. The smallest absolute Gasteiger partial charge is 0.273 e. The third-order valence-corrected chi connectivity index (χ3v) is 5.68. The summed E-state index contributed by atoms with van der Waals surface area (Å²) in [7, 11) is 0. The molecule has 0 aliphatic heterocycles. The lowest BCUT2D eigenvalue weighted by molar-refractivity contribution is -0.508. The molecule has 0 unspecified atom stereocenters. The standard InChI is InChI=1S/C20H29N5O2/c21-19(23-16-7-3-1-4-8-16)14-11-15(13-18(12-14)25(26)27)20(22)24-17-9-5-2-6-10-17/h11-13,16-17H,1-10H2,(H2,21,23)(H2,22,24)/p+2. The van der Waals surface area contributed by atoms with Gasteiger partial charge in [-0.3, -0.25) is 31.6 Å². The van der Waals surface area contributed by atoms with Crippen molar-refractivity contribution in [2.24, 2.45) is 11.5 Å². The second kappa shape index (κ2) is 8.97. The van der Waals surface area contributed by atoms with Gasteiger partial charge in [-0.1, -0.05) is 12.8 Å². The van der Waals surface area contributed by atoms with Gasteiger partial charge in [0.25, 0.3) is 17.4 Å². The van der Waals surface area contributed by atoms with Gasteiger partial charge in [0.1, 0.15) is 0 Å². The molecule has 146 valence electrons. The summed E-state index contributed by atoms with van der Waals surface area (Å²) in [5, 5.41) is 11.4. The van der Waals surface area contributed by atoms with Crippen LogP contribution in [0.1, 0.15) is 75.3 Å². The molecule has 0 bridgehead atoms. The number of benzene rings is 1. The second-order valence-corrected chi connectivity index (χ2v) is 7.81. The molecule has 0 heterocycles. The Morgan fingerprint density at radius 1 is 0.815 bits per heavy atom. The molecule has 27 heavy (non-hydrogen) atoms. The van der Waals surface area contributed by atoms with Crippen LogP contribution in [0.3, 0.4) is 0 Å². The number of nitro benzene ring substituents is 1. The fourth-order valence-corrected chi connectivity index (χ4v) is 4.13. The number of hydrogen-bond acceptors (Lipinski definition) is 2. The van der Waals surface area contributed by atoms with E-state index in [1.807, 2.05) is 6.07 Å². The van der Waals surface area contributed by atoms with Crippen molar-refractivity contribution in [1.82, 2.24) is 0 Å². The Hall–Kier alpha value is -2.44. The van der Waals surface area contributed by atoms with Gasteiger partial charge in [0.05, 0.1) is 28.1 Å². The van der Waals surface area contributed by atoms with E-state index in [2.05, 4.69) is 9.98 Å². The normalized spacial score (nSPS) is 20.6. The van der Waals surface area contributed by atoms with Crippen molar-refractivity contribution in [3.8, 4) is 0 Å². The number of amidine groups is 2. The second-order valence-electron chi connectivity index (χ2n) is 7.81. The zero-order chi connectivity index (χ0) is 19.2. The topological polar surface area (TPSA) is 123 Å². The SMILES string of the molecule is NC(=[NH+]C1CCCCC1)c1cc(C(N)=[NH+]C2CCCCC2)cc([N+](=O)[O-])c1. The zero-order valence-electron chi connectivity index (χ0n) is 15.9. The summed E-state index contributed by atoms with van der Waals surface area (Å²) >= 11 is 0. The summed E-state index contributed by atoms with van der Waals surface area (Å²) < 4.78 is 0. The van der Waals surface area contributed by atoms with Crippen LogP contribution >= 0.6 is 0 Å². The Bertz CT molecular complexity index is 680. The molecule has 3 rings (SSSR count). The summed E-state index contributed by atoms with van der Waals surface area (Å²) in [5.74, 6) is 0.967. The molecule has 0 atom stereocenters. The van der Waals surface area contributed by atoms with Crippen LogP contribution in [0.15, 0.2) is 18.2 Å². The average Bonchev–Trinajstić information content (AvgIpc) is 2.69. The first-order chi connectivity index (χ1) is 13.0. The van der Waals surface area contributed by atoms with Gasteiger partial charge in [-0.15, -0.1) is 0 Å². The maximum atomic E-state index is 11.4. The number of nitro groups is 1. The summed E-state index contributed by atoms with van der Waals surface area (Å²) in [6.45, 7) is 0. The van der Waals surface area contributed by atoms with E-state index in [0.29, 0.717) is 34.9 Å². The first kappa shape index (κ1) is 19.3. The van der Waals surface area contributed by atoms with Gasteiger partial charge >= 0.3 is 0 Å². The highest BCUT2D eigenvalue weighted by Gasteiger charge is 2.22. The number of nitrogens with one attached hydrogen (secondary N) is 2. The van der Waals surface area contributed by atoms with E-state index < -0.39 is 4.92 Å². The monoisotopic (exact) mass is 373 g/mol. The summed E-state index contributed by atoms with van der Waals surface area (Å²) in [4.78, 5) is 17.7. The number of non-ortho nitro benzene ring substituents is 1. The van der Waals surface area contributed by atoms with E-state index in [0.717, 1.165) is 25.7 Å². The first-order valence-corrected chi connectivity index (χ1v) is 10.1. The van der Waals surface area contributed by atoms with Gasteiger partial charge in [-0.25, -0.2) is 0 Å². The van der Waals surface area contributed by atoms with Crippen LogP contribution in [-0.4, -0.2) is 28.7 Å². The van der Waals surface area contributed by atoms with E-state index in [1.54, 1.807) is 0 Å². The van der Waals surface area contributed by atoms with E-state index in [1.165, 1.54) is 50.7 Å². The highest BCUT2D eigenvalue weighted by Crippen LogP contribution is 2.18. The first-order valence-electron chi connectivity index (χ1n) is 10.1. The van der Waals surface area contributed by atoms with Crippen molar-refractivity contribution in [3.05, 3.63) is 39.4 Å². The van der Waals surface area contributed by atoms with Crippen LogP contribution in [0.5, 0.6) is 0 Å². The number of rotatable bonds is 5. The van der Waals surface area contributed by atoms with E-state index >= 15 is 0 Å². The molecule has 2 fully saturated rings. The number of hydrogen-bond donors (Lipinski definition) is 4. The maximum Gasteiger partial charge on any atom is 0.273 e. The van der Waals surface area contributed by atoms with Gasteiger partial charge in [-0.05, 0) is 57.4 Å². The quantitative estimate of drug-likeness (QED) is 0.248. The largest absolute Gasteiger partial charge is 0.287 e. The molecule has 7 nitrogen and oxygen atoms in total. The number of nitrogens with zero attached hydrogens (tertiary/aromatic N) is 1. The summed E-state index contributed by atoms with van der Waals surface area (Å²) in [6, 6.07) is 5.54. The van der Waals surface area contributed by atoms with E-state index in [4.69, 9.17) is 11.5 Å². The molecule has 2 aliphatic rings. The van der Waals surface area contributed by atoms with Gasteiger partial charge in [0.15, 0.2) is 0 Å². The highest BCUT2D eigenvalue weighted by atomic mass is 16.6. The van der Waals surface area contributed by atoms with E-state index in [-0.39, 0.29) is 5.69 Å². The molecule has 0 spiro atoms. The Morgan fingerprint density at radius 3 is 1.59 bits per heavy atom. The minimum absolute atomic E-state index is 0.00397. The predicted molar refractivity (Wildman–Crippen MR) is 105 cm³/mol. The zero-order valence-corrected chi connectivity index (χ0v) is 15.9. The van der Waals surface area contributed by atoms with Crippen LogP contribution in [0.2, 0.25) is 0 Å². The molecule has 0 amide bonds. The molecule has 1 aromatic carbocycles. The Kier molecular flexibility index (Phi) is 6.42. The molecule has 2 aliphatic carbocycles. The molecule has 1 aromatic rings. The van der Waals surface area contributed by atoms with Crippen LogP contribution in [-0.2, 0) is 0 Å². The van der Waals surface area contributed by atoms with Crippen LogP contribution in [0, 0.1) is 10.1 Å². The van der Waals surface area contributed by atoms with Gasteiger partial charge < -0.3 is 0 Å². The van der Waals surface area contributed by atoms with Crippen LogP contribution < -0.4 is 21.5 Å². The molecule has 0 saturated heterocycles. The molecule has 6 N–H and O–H groups in total. The minimum Gasteiger partial charge on any atom is -0.287 e. The minimum atomic E-state index is -0.394. The van der Waals surface area contributed by atoms with Crippen LogP contribution in [0.4, 0.5) is 5.69 Å². The lowest BCUT2D eigenvalue weighted by Crippen LogP contribution is -2.82. The van der Waals surface area contributed by atoms with Gasteiger partial charge in [-0.2, -0.15) is 0 Å². The van der Waals surface area contributed by atoms with Crippen molar-refractivity contribution in [3.63, 3.8) is 0 Å². The third kappa shape index (κ3) is 5.28. The molecular formula is C20H31N5O2+2. The maximum absolute atomic E-state index is 11.4. The Balaban J connectivity index is 1.88. The molecule has 0 aromatic heterocycles. The molecule has 2 saturated carbocycles. The average molecular weight is 374 g/mol. The number of nitrogen functional groups attached to an aromatic ring is 2. The van der Waals surface area contributed by atoms with Gasteiger partial charge in [0, 0.05) is 12.1 Å². The summed E-state index contributed by atoms with van der Waals surface area (Å²) in [5.41, 5.74) is 13.8. The van der Waals surface area contributed by atoms with Crippen molar-refractivity contribution in [2.45, 2.75) is 76.3 Å². The predicted octanol–water partition coefficient (Wildman–Crippen LogP) is -0.168. The van der Waals surface area contributed by atoms with Crippen molar-refractivity contribution < 1.29 is 14.9 Å². The lowest BCUT2D eigenvalue weighted by Gasteiger charge is -2.16. The van der Waals surface area contributed by atoms with Crippen molar-refractivity contribution >= 4 is 17.4 Å². The molecule has 0 radical (unpaired) electrons. The third-order valence-electron chi connectivity index (χ3n) is 5.68. The van der Waals surface area contributed by atoms with Gasteiger partial charge in [0.2, 0.25) is 0 Å². The van der Waals surface area contributed by atoms with E-state index in [9.17, 15) is 10.1 Å². The number of nitrogens with two attached hydrogens (primary N) is 2. The van der Waals surface area contributed by atoms with Crippen molar-refractivity contribution in [1.29, 1.82) is 0 Å². The van der Waals surface area contributed by atoms with Crippen molar-refractivity contribution in [2.75, 3.05) is 0 Å². The lowest BCUT2D eigenvalue weighted by atomic mass is 9.95. The Labute approximate surface area is 160 Å². The Morgan fingerprint density at radius 2 is 1.22 bits per heavy atom. The fourth-order valence-electron chi connectivity index (χ4n) is 4.13. The summed E-state index contributed by atoms with van der Waals surface area (Å²) in [6.07, 6.45) is 11.6. The fraction of sp³-hybridized carbons (Fsp3) is 0.600. The molecular weight excluding hydrogens is 342 g/mol. The van der Waals surface area contributed by atoms with Crippen LogP contribution in [0.25, 0.3) is 0 Å².